The number of unbranched alkanes of at least 4 members (excludes halogenated alkanes) is 6. The van der Waals surface area contributed by atoms with E-state index in [1.807, 2.05) is 0 Å². The van der Waals surface area contributed by atoms with Gasteiger partial charge in [-0.25, -0.2) is 0 Å². The van der Waals surface area contributed by atoms with Crippen LogP contribution in [0.5, 0.6) is 0 Å². The minimum atomic E-state index is 0. The van der Waals surface area contributed by atoms with Crippen molar-refractivity contribution in [2.75, 3.05) is 0 Å². The smallest absolute Gasteiger partial charge is 0.0533 e. The maximum absolute atomic E-state index is 2.26. The highest BCUT2D eigenvalue weighted by molar-refractivity contribution is 4.41. The van der Waals surface area contributed by atoms with Crippen molar-refractivity contribution in [3.05, 3.63) is 0 Å². The zero-order valence-corrected chi connectivity index (χ0v) is 6.95. The van der Waals surface area contributed by atoms with Gasteiger partial charge in [0.05, 0.1) is 0 Å². The van der Waals surface area contributed by atoms with Crippen molar-refractivity contribution in [3.63, 3.8) is 0 Å². The quantitative estimate of drug-likeness (QED) is 0.409. The summed E-state index contributed by atoms with van der Waals surface area (Å²) in [5, 5.41) is 0. The predicted molar refractivity (Wildman–Crippen MR) is 145 cm³/mol. The van der Waals surface area contributed by atoms with E-state index in [2.05, 4.69) is 13.8 Å². The van der Waals surface area contributed by atoms with E-state index in [-0.39, 0.29) is 111 Å². The lowest BCUT2D eigenvalue weighted by Gasteiger charge is -1.96. The molecule has 0 heteroatoms. The third kappa shape index (κ3) is 270. The van der Waals surface area contributed by atoms with E-state index >= 15 is 0 Å². The van der Waals surface area contributed by atoms with E-state index in [0.717, 1.165) is 0 Å². The van der Waals surface area contributed by atoms with Crippen LogP contribution in [0.25, 0.3) is 0 Å². The first kappa shape index (κ1) is 198. The normalized spacial score (nSPS) is 3.75. The first-order chi connectivity index (χ1) is 4.41. The molecule has 0 aromatic rings. The zero-order chi connectivity index (χ0) is 6.95. The first-order valence-corrected chi connectivity index (χ1v) is 4.41. The summed E-state index contributed by atoms with van der Waals surface area (Å²) < 4.78 is 0. The molecule has 0 radical (unpaired) electrons. The fourth-order valence-corrected chi connectivity index (χ4v) is 1.03. The third-order valence-electron chi connectivity index (χ3n) is 1.71. The summed E-state index contributed by atoms with van der Waals surface area (Å²) in [5.74, 6) is 0. The largest absolute Gasteiger partial charge is 0.0776 e. The topological polar surface area (TPSA) is 0 Å². The molecule has 0 aliphatic carbocycles. The molecule has 0 atom stereocenters. The van der Waals surface area contributed by atoms with Crippen LogP contribution in [0.3, 0.4) is 0 Å². The molecule has 0 saturated heterocycles. The van der Waals surface area contributed by atoms with Crippen LogP contribution >= 0.6 is 0 Å². The highest BCUT2D eigenvalue weighted by Crippen LogP contribution is 2.05. The van der Waals surface area contributed by atoms with Gasteiger partial charge in [-0.15, -0.1) is 0 Å². The van der Waals surface area contributed by atoms with Crippen LogP contribution in [0, 0.1) is 0 Å². The van der Waals surface area contributed by atoms with Crippen molar-refractivity contribution >= 4 is 0 Å². The van der Waals surface area contributed by atoms with Gasteiger partial charge in [-0.1, -0.05) is 170 Å². The summed E-state index contributed by atoms with van der Waals surface area (Å²) in [6.45, 7) is 4.53. The van der Waals surface area contributed by atoms with Gasteiger partial charge in [0.2, 0.25) is 0 Å². The molecule has 0 saturated carbocycles. The average Bonchev–Trinajstić information content (AvgIpc) is 1.89. The molecule has 176 valence electrons. The minimum Gasteiger partial charge on any atom is -0.0776 e. The van der Waals surface area contributed by atoms with Crippen molar-refractivity contribution < 1.29 is 0 Å². The molecule has 0 rings (SSSR count). The molecule has 0 aromatic heterocycles. The van der Waals surface area contributed by atoms with Crippen LogP contribution in [0.2, 0.25) is 0 Å². The molecular formula is C24H80. The van der Waals surface area contributed by atoms with Gasteiger partial charge >= 0.3 is 0 Å². The SMILES string of the molecule is C.C.C.C.C.C.C.C.C.C.C.C.C.C.C.CCCCCCCCC. The van der Waals surface area contributed by atoms with Gasteiger partial charge in [0, 0.05) is 0 Å². The second-order valence-corrected chi connectivity index (χ2v) is 2.77. The maximum Gasteiger partial charge on any atom is -0.0533 e. The van der Waals surface area contributed by atoms with Crippen LogP contribution in [-0.2, 0) is 0 Å². The van der Waals surface area contributed by atoms with E-state index in [1.54, 1.807) is 0 Å². The summed E-state index contributed by atoms with van der Waals surface area (Å²) in [6, 6.07) is 0. The van der Waals surface area contributed by atoms with Crippen LogP contribution in [0.4, 0.5) is 0 Å². The van der Waals surface area contributed by atoms with Crippen molar-refractivity contribution in [1.82, 2.24) is 0 Å². The standard InChI is InChI=1S/C9H20.15CH4/c1-3-5-7-9-8-6-4-2;;;;;;;;;;;;;;;/h3-9H2,1-2H3;15*1H4. The molecule has 0 fully saturated rings. The first-order valence-electron chi connectivity index (χ1n) is 4.41. The molecule has 0 nitrogen and oxygen atoms in total. The van der Waals surface area contributed by atoms with E-state index in [9.17, 15) is 0 Å². The van der Waals surface area contributed by atoms with Crippen molar-refractivity contribution in [3.8, 4) is 0 Å². The Bertz CT molecular complexity index is 33.3. The Morgan fingerprint density at radius 2 is 0.375 bits per heavy atom. The van der Waals surface area contributed by atoms with Crippen molar-refractivity contribution in [2.24, 2.45) is 0 Å². The summed E-state index contributed by atoms with van der Waals surface area (Å²) in [5.41, 5.74) is 0. The van der Waals surface area contributed by atoms with Gasteiger partial charge in [-0.2, -0.15) is 0 Å². The fraction of sp³-hybridized carbons (Fsp3) is 1.00. The van der Waals surface area contributed by atoms with Crippen LogP contribution < -0.4 is 0 Å². The van der Waals surface area contributed by atoms with Gasteiger partial charge in [0.1, 0.15) is 0 Å². The lowest BCUT2D eigenvalue weighted by Crippen LogP contribution is -1.76. The van der Waals surface area contributed by atoms with Gasteiger partial charge in [-0.3, -0.25) is 0 Å². The van der Waals surface area contributed by atoms with Gasteiger partial charge in [0.15, 0.2) is 0 Å². The fourth-order valence-electron chi connectivity index (χ4n) is 1.03. The predicted octanol–water partition coefficient (Wildman–Crippen LogP) is 13.3. The second kappa shape index (κ2) is 227. The number of rotatable bonds is 6. The average molecular weight is 369 g/mol. The van der Waals surface area contributed by atoms with Crippen LogP contribution in [0.15, 0.2) is 0 Å². The lowest BCUT2D eigenvalue weighted by molar-refractivity contribution is 0.602. The van der Waals surface area contributed by atoms with Crippen LogP contribution in [0.1, 0.15) is 170 Å². The Balaban J connectivity index is -0.00000000305. The molecule has 0 N–H and O–H groups in total. The molecule has 0 aliphatic heterocycles. The molecular weight excluding hydrogens is 288 g/mol. The maximum atomic E-state index is 2.26. The highest BCUT2D eigenvalue weighted by atomic mass is 13.9. The van der Waals surface area contributed by atoms with E-state index in [0.29, 0.717) is 0 Å². The summed E-state index contributed by atoms with van der Waals surface area (Å²) in [6.07, 6.45) is 9.97. The molecule has 0 bridgehead atoms. The molecule has 0 amide bonds. The zero-order valence-electron chi connectivity index (χ0n) is 6.95. The molecule has 0 aliphatic rings. The van der Waals surface area contributed by atoms with Crippen molar-refractivity contribution in [2.45, 2.75) is 170 Å². The number of hydrogen-bond donors (Lipinski definition) is 0. The van der Waals surface area contributed by atoms with Gasteiger partial charge in [0.25, 0.3) is 0 Å². The van der Waals surface area contributed by atoms with Crippen molar-refractivity contribution in [1.29, 1.82) is 0 Å². The van der Waals surface area contributed by atoms with Crippen LogP contribution in [-0.4, -0.2) is 0 Å². The Morgan fingerprint density at radius 3 is 0.500 bits per heavy atom. The summed E-state index contributed by atoms with van der Waals surface area (Å²) in [4.78, 5) is 0. The Morgan fingerprint density at radius 1 is 0.250 bits per heavy atom. The summed E-state index contributed by atoms with van der Waals surface area (Å²) in [7, 11) is 0. The molecule has 0 spiro atoms. The molecule has 0 unspecified atom stereocenters. The van der Waals surface area contributed by atoms with E-state index < -0.39 is 0 Å². The van der Waals surface area contributed by atoms with Gasteiger partial charge in [-0.05, 0) is 0 Å². The third-order valence-corrected chi connectivity index (χ3v) is 1.71. The molecule has 0 aromatic carbocycles. The summed E-state index contributed by atoms with van der Waals surface area (Å²) >= 11 is 0. The van der Waals surface area contributed by atoms with Gasteiger partial charge < -0.3 is 0 Å². The monoisotopic (exact) mass is 369 g/mol. The number of hydrogen-bond acceptors (Lipinski definition) is 0. The Kier molecular flexibility index (Phi) is 1880. The molecule has 24 heavy (non-hydrogen) atoms. The molecule has 0 heterocycles. The minimum absolute atomic E-state index is 0. The Labute approximate surface area is 170 Å². The Hall–Kier alpha value is 0. The highest BCUT2D eigenvalue weighted by Gasteiger charge is 1.85. The lowest BCUT2D eigenvalue weighted by atomic mass is 10.1. The van der Waals surface area contributed by atoms with E-state index in [1.165, 1.54) is 44.9 Å². The van der Waals surface area contributed by atoms with E-state index in [4.69, 9.17) is 0 Å². The second-order valence-electron chi connectivity index (χ2n) is 2.77.